The second-order valence-electron chi connectivity index (χ2n) is 1.13. The second kappa shape index (κ2) is 2.73. The molecule has 0 saturated heterocycles. The van der Waals surface area contributed by atoms with E-state index in [1.54, 1.807) is 0 Å². The van der Waals surface area contributed by atoms with E-state index >= 15 is 0 Å². The molecule has 0 aromatic rings. The van der Waals surface area contributed by atoms with Crippen molar-refractivity contribution in [1.82, 2.24) is 0 Å². The van der Waals surface area contributed by atoms with Gasteiger partial charge in [0.25, 0.3) is 14.6 Å². The van der Waals surface area contributed by atoms with Crippen LogP contribution in [0.3, 0.4) is 0 Å². The summed E-state index contributed by atoms with van der Waals surface area (Å²) in [5.41, 5.74) is -1.04. The third kappa shape index (κ3) is 2.32. The molecule has 0 aliphatic rings. The Morgan fingerprint density at radius 1 is 1.86 bits per heavy atom. The van der Waals surface area contributed by atoms with Gasteiger partial charge in [-0.2, -0.15) is 0 Å². The van der Waals surface area contributed by atoms with Crippen LogP contribution in [0.4, 0.5) is 4.79 Å². The number of rotatable bonds is 2. The van der Waals surface area contributed by atoms with Gasteiger partial charge in [0.15, 0.2) is 0 Å². The summed E-state index contributed by atoms with van der Waals surface area (Å²) in [6, 6.07) is 0. The highest BCUT2D eigenvalue weighted by atomic mass is 28.3. The molecular weight excluding hydrogens is 114 g/mol. The molecule has 5 heteroatoms. The summed E-state index contributed by atoms with van der Waals surface area (Å²) < 4.78 is 0. The van der Waals surface area contributed by atoms with Gasteiger partial charge in [0.05, 0.1) is 6.23 Å². The lowest BCUT2D eigenvalue weighted by atomic mass is 11.6. The van der Waals surface area contributed by atoms with Gasteiger partial charge in [0.2, 0.25) is 0 Å². The fourth-order valence-corrected chi connectivity index (χ4v) is 0.234. The molecule has 0 aliphatic carbocycles. The van der Waals surface area contributed by atoms with Crippen molar-refractivity contribution >= 4 is 14.6 Å². The maximum atomic E-state index is 9.71. The van der Waals surface area contributed by atoms with Gasteiger partial charge in [-0.25, -0.2) is 0 Å². The number of aliphatic hydroxyl groups excluding tert-OH is 1. The minimum atomic E-state index is -2.28. The fourth-order valence-electron chi connectivity index (χ4n) is 0.0781. The SMILES string of the molecule is N[Si@H](CO)C(=O)O. The summed E-state index contributed by atoms with van der Waals surface area (Å²) in [5.74, 6) is 0. The van der Waals surface area contributed by atoms with Crippen LogP contribution >= 0.6 is 0 Å². The molecule has 42 valence electrons. The van der Waals surface area contributed by atoms with Crippen molar-refractivity contribution in [1.29, 1.82) is 0 Å². The Balaban J connectivity index is 3.34. The molecule has 1 atom stereocenters. The minimum absolute atomic E-state index is 0.366. The molecule has 0 heterocycles. The predicted molar refractivity (Wildman–Crippen MR) is 26.4 cm³/mol. The highest BCUT2D eigenvalue weighted by molar-refractivity contribution is 6.85. The first-order valence-electron chi connectivity index (χ1n) is 1.77. The van der Waals surface area contributed by atoms with Gasteiger partial charge < -0.3 is 15.6 Å². The van der Waals surface area contributed by atoms with E-state index in [1.807, 2.05) is 0 Å². The zero-order valence-electron chi connectivity index (χ0n) is 3.66. The first-order chi connectivity index (χ1) is 3.18. The molecule has 0 aromatic carbocycles. The Kier molecular flexibility index (Phi) is 2.57. The molecule has 0 aromatic heterocycles. The van der Waals surface area contributed by atoms with Gasteiger partial charge in [-0.3, -0.25) is 4.79 Å². The highest BCUT2D eigenvalue weighted by Gasteiger charge is 2.10. The minimum Gasteiger partial charge on any atom is -0.485 e. The van der Waals surface area contributed by atoms with Crippen molar-refractivity contribution in [3.05, 3.63) is 0 Å². The molecule has 0 aliphatic heterocycles. The zero-order chi connectivity index (χ0) is 5.86. The standard InChI is InChI=1S/C2H7NO3Si/c3-7(1-4)2(5)6/h4,7H,1,3H2,(H,5,6)/t7-/m1/s1. The van der Waals surface area contributed by atoms with Crippen LogP contribution in [0, 0.1) is 0 Å². The molecular formula is C2H7NO3Si. The van der Waals surface area contributed by atoms with E-state index in [1.165, 1.54) is 0 Å². The fraction of sp³-hybridized carbons (Fsp3) is 0.500. The van der Waals surface area contributed by atoms with Gasteiger partial charge in [-0.05, 0) is 0 Å². The Morgan fingerprint density at radius 2 is 2.29 bits per heavy atom. The van der Waals surface area contributed by atoms with E-state index in [0.29, 0.717) is 0 Å². The maximum Gasteiger partial charge on any atom is 0.285 e. The predicted octanol–water partition coefficient (Wildman–Crippen LogP) is -1.54. The number of hydrogen-bond donors (Lipinski definition) is 3. The number of aliphatic hydroxyl groups is 1. The second-order valence-corrected chi connectivity index (χ2v) is 3.20. The maximum absolute atomic E-state index is 9.71. The van der Waals surface area contributed by atoms with E-state index in [4.69, 9.17) is 15.6 Å². The Labute approximate surface area is 42.3 Å². The summed E-state index contributed by atoms with van der Waals surface area (Å²) in [6.45, 7) is 0. The summed E-state index contributed by atoms with van der Waals surface area (Å²) in [6.07, 6.45) is -0.366. The summed E-state index contributed by atoms with van der Waals surface area (Å²) in [5, 5.41) is 20.9. The number of hydrogen-bond acceptors (Lipinski definition) is 3. The highest BCUT2D eigenvalue weighted by Crippen LogP contribution is 1.68. The van der Waals surface area contributed by atoms with Crippen LogP contribution in [0.1, 0.15) is 0 Å². The van der Waals surface area contributed by atoms with Crippen LogP contribution in [0.15, 0.2) is 0 Å². The average Bonchev–Trinajstić information content (AvgIpc) is 1.65. The van der Waals surface area contributed by atoms with Crippen LogP contribution in [0.2, 0.25) is 0 Å². The van der Waals surface area contributed by atoms with Crippen LogP contribution in [0.25, 0.3) is 0 Å². The molecule has 4 nitrogen and oxygen atoms in total. The van der Waals surface area contributed by atoms with Crippen LogP contribution in [-0.4, -0.2) is 31.0 Å². The first kappa shape index (κ1) is 6.61. The normalized spacial score (nSPS) is 13.4. The smallest absolute Gasteiger partial charge is 0.285 e. The topological polar surface area (TPSA) is 83.5 Å². The van der Waals surface area contributed by atoms with E-state index < -0.39 is 14.6 Å². The van der Waals surface area contributed by atoms with Crippen LogP contribution in [-0.2, 0) is 0 Å². The molecule has 0 fully saturated rings. The van der Waals surface area contributed by atoms with Crippen molar-refractivity contribution in [2.24, 2.45) is 5.40 Å². The summed E-state index contributed by atoms with van der Waals surface area (Å²) in [7, 11) is -2.28. The molecule has 0 spiro atoms. The van der Waals surface area contributed by atoms with Crippen molar-refractivity contribution in [2.75, 3.05) is 6.23 Å². The molecule has 0 radical (unpaired) electrons. The average molecular weight is 121 g/mol. The third-order valence-electron chi connectivity index (χ3n) is 0.514. The van der Waals surface area contributed by atoms with Crippen molar-refractivity contribution in [2.45, 2.75) is 0 Å². The van der Waals surface area contributed by atoms with E-state index in [9.17, 15) is 4.79 Å². The van der Waals surface area contributed by atoms with Crippen molar-refractivity contribution < 1.29 is 15.0 Å². The number of carboxylic acid groups (broad SMARTS) is 1. The number of carbonyl (C=O) groups is 1. The molecule has 0 rings (SSSR count). The van der Waals surface area contributed by atoms with Crippen LogP contribution < -0.4 is 5.40 Å². The molecule has 4 N–H and O–H groups in total. The Morgan fingerprint density at radius 3 is 2.29 bits per heavy atom. The molecule has 0 unspecified atom stereocenters. The van der Waals surface area contributed by atoms with Gasteiger partial charge in [-0.15, -0.1) is 0 Å². The molecule has 7 heavy (non-hydrogen) atoms. The molecule has 0 bridgehead atoms. The Hall–Kier alpha value is -0.393. The molecule has 0 saturated carbocycles. The largest absolute Gasteiger partial charge is 0.485 e. The van der Waals surface area contributed by atoms with Gasteiger partial charge in [-0.1, -0.05) is 0 Å². The quantitative estimate of drug-likeness (QED) is 0.387. The Bertz CT molecular complexity index is 75.3. The lowest BCUT2D eigenvalue weighted by molar-refractivity contribution is 0.217. The lowest BCUT2D eigenvalue weighted by Crippen LogP contribution is -2.38. The lowest BCUT2D eigenvalue weighted by Gasteiger charge is -1.93. The van der Waals surface area contributed by atoms with E-state index in [2.05, 4.69) is 0 Å². The monoisotopic (exact) mass is 121 g/mol. The van der Waals surface area contributed by atoms with Gasteiger partial charge in [0.1, 0.15) is 0 Å². The first-order valence-corrected chi connectivity index (χ1v) is 3.83. The summed E-state index contributed by atoms with van der Waals surface area (Å²) in [4.78, 5) is 9.71. The van der Waals surface area contributed by atoms with E-state index in [-0.39, 0.29) is 6.23 Å². The molecule has 0 amide bonds. The van der Waals surface area contributed by atoms with Gasteiger partial charge >= 0.3 is 0 Å². The van der Waals surface area contributed by atoms with Crippen molar-refractivity contribution in [3.8, 4) is 0 Å². The van der Waals surface area contributed by atoms with Crippen molar-refractivity contribution in [3.63, 3.8) is 0 Å². The van der Waals surface area contributed by atoms with Crippen LogP contribution in [0.5, 0.6) is 0 Å². The summed E-state index contributed by atoms with van der Waals surface area (Å²) >= 11 is 0. The number of nitrogens with two attached hydrogens (primary N) is 1. The third-order valence-corrected chi connectivity index (χ3v) is 1.54. The van der Waals surface area contributed by atoms with E-state index in [0.717, 1.165) is 0 Å². The zero-order valence-corrected chi connectivity index (χ0v) is 4.82. The van der Waals surface area contributed by atoms with Gasteiger partial charge in [0, 0.05) is 0 Å².